The molecule has 2 amide bonds. The summed E-state index contributed by atoms with van der Waals surface area (Å²) in [6, 6.07) is 11.8. The third-order valence-corrected chi connectivity index (χ3v) is 10.8. The van der Waals surface area contributed by atoms with Crippen molar-refractivity contribution in [2.75, 3.05) is 39.8 Å². The van der Waals surface area contributed by atoms with Gasteiger partial charge in [-0.15, -0.1) is 11.6 Å². The minimum Gasteiger partial charge on any atom is -0.495 e. The second-order valence-electron chi connectivity index (χ2n) is 15.5. The van der Waals surface area contributed by atoms with E-state index in [1.54, 1.807) is 39.0 Å². The number of aliphatic hydroxyl groups is 1. The van der Waals surface area contributed by atoms with E-state index in [2.05, 4.69) is 20.9 Å². The highest BCUT2D eigenvalue weighted by molar-refractivity contribution is 6.32. The van der Waals surface area contributed by atoms with Crippen LogP contribution in [-0.4, -0.2) is 97.9 Å². The van der Waals surface area contributed by atoms with Crippen molar-refractivity contribution in [2.24, 2.45) is 17.3 Å². The van der Waals surface area contributed by atoms with Crippen LogP contribution < -0.4 is 20.7 Å². The number of esters is 2. The number of carbonyl (C=O) groups excluding carboxylic acids is 4. The molecule has 0 aromatic heterocycles. The highest BCUT2D eigenvalue weighted by Crippen LogP contribution is 2.33. The predicted molar refractivity (Wildman–Crippen MR) is 212 cm³/mol. The predicted octanol–water partition coefficient (Wildman–Crippen LogP) is 4.73. The fraction of sp³-hybridized carbons (Fsp3) is 0.561. The summed E-state index contributed by atoms with van der Waals surface area (Å²) in [5.74, 6) is -2.89. The molecule has 4 N–H and O–H groups in total. The Balaban J connectivity index is 1.58. The van der Waals surface area contributed by atoms with Crippen LogP contribution in [0.3, 0.4) is 0 Å². The molecule has 2 aromatic carbocycles. The third-order valence-electron chi connectivity index (χ3n) is 9.99. The number of benzene rings is 2. The zero-order valence-corrected chi connectivity index (χ0v) is 34.1. The molecule has 2 aliphatic heterocycles. The zero-order valence-electron chi connectivity index (χ0n) is 32.6. The van der Waals surface area contributed by atoms with Crippen molar-refractivity contribution in [3.05, 3.63) is 76.3 Å². The van der Waals surface area contributed by atoms with Crippen LogP contribution in [0.5, 0.6) is 5.75 Å². The van der Waals surface area contributed by atoms with E-state index >= 15 is 0 Å². The summed E-state index contributed by atoms with van der Waals surface area (Å²) in [6.45, 7) is 13.2. The van der Waals surface area contributed by atoms with Crippen LogP contribution in [0.4, 0.5) is 0 Å². The van der Waals surface area contributed by atoms with Gasteiger partial charge in [0.2, 0.25) is 11.8 Å². The van der Waals surface area contributed by atoms with Gasteiger partial charge in [-0.2, -0.15) is 0 Å². The monoisotopic (exact) mass is 802 g/mol. The molecule has 1 fully saturated rings. The Bertz CT molecular complexity index is 1650. The second kappa shape index (κ2) is 20.5. The maximum atomic E-state index is 13.8. The second-order valence-corrected chi connectivity index (χ2v) is 16.4. The maximum absolute atomic E-state index is 13.8. The lowest BCUT2D eigenvalue weighted by atomic mass is 9.90. The molecule has 12 nitrogen and oxygen atoms in total. The quantitative estimate of drug-likeness (QED) is 0.185. The van der Waals surface area contributed by atoms with E-state index in [1.807, 2.05) is 38.1 Å². The van der Waals surface area contributed by atoms with Crippen molar-refractivity contribution in [2.45, 2.75) is 90.2 Å². The molecule has 4 rings (SSSR count). The summed E-state index contributed by atoms with van der Waals surface area (Å²) in [7, 11) is 1.50. The number of methoxy groups -OCH3 is 1. The molecule has 55 heavy (non-hydrogen) atoms. The van der Waals surface area contributed by atoms with Gasteiger partial charge < -0.3 is 35.3 Å². The summed E-state index contributed by atoms with van der Waals surface area (Å²) in [5, 5.41) is 20.0. The van der Waals surface area contributed by atoms with E-state index < -0.39 is 64.8 Å². The van der Waals surface area contributed by atoms with E-state index in [-0.39, 0.29) is 31.7 Å². The molecule has 2 heterocycles. The van der Waals surface area contributed by atoms with Gasteiger partial charge in [0, 0.05) is 58.0 Å². The Morgan fingerprint density at radius 2 is 1.67 bits per heavy atom. The van der Waals surface area contributed by atoms with Gasteiger partial charge in [-0.1, -0.05) is 68.8 Å². The molecule has 2 aromatic rings. The Kier molecular flexibility index (Phi) is 16.4. The lowest BCUT2D eigenvalue weighted by molar-refractivity contribution is -0.180. The Labute approximate surface area is 334 Å². The summed E-state index contributed by atoms with van der Waals surface area (Å²) < 4.78 is 17.1. The summed E-state index contributed by atoms with van der Waals surface area (Å²) in [5.41, 5.74) is 1.25. The van der Waals surface area contributed by atoms with Crippen molar-refractivity contribution in [3.8, 4) is 5.75 Å². The molecule has 302 valence electrons. The van der Waals surface area contributed by atoms with Crippen molar-refractivity contribution in [1.29, 1.82) is 0 Å². The number of piperazine rings is 1. The maximum Gasteiger partial charge on any atom is 0.347 e. The van der Waals surface area contributed by atoms with Gasteiger partial charge in [0.1, 0.15) is 17.9 Å². The van der Waals surface area contributed by atoms with E-state index in [0.717, 1.165) is 38.3 Å². The first-order valence-electron chi connectivity index (χ1n) is 18.9. The molecule has 0 bridgehead atoms. The Morgan fingerprint density at radius 3 is 2.31 bits per heavy atom. The zero-order chi connectivity index (χ0) is 40.3. The lowest BCUT2D eigenvalue weighted by Crippen LogP contribution is -2.51. The minimum atomic E-state index is -1.25. The van der Waals surface area contributed by atoms with Gasteiger partial charge in [0.05, 0.1) is 29.0 Å². The fourth-order valence-electron chi connectivity index (χ4n) is 6.44. The highest BCUT2D eigenvalue weighted by atomic mass is 35.5. The molecule has 0 spiro atoms. The smallest absolute Gasteiger partial charge is 0.347 e. The largest absolute Gasteiger partial charge is 0.495 e. The van der Waals surface area contributed by atoms with Gasteiger partial charge in [0.15, 0.2) is 6.10 Å². The lowest BCUT2D eigenvalue weighted by Gasteiger charge is -2.32. The van der Waals surface area contributed by atoms with E-state index in [4.69, 9.17) is 37.4 Å². The van der Waals surface area contributed by atoms with Gasteiger partial charge in [-0.25, -0.2) is 4.79 Å². The number of hydrogen-bond acceptors (Lipinski definition) is 10. The molecule has 1 saturated heterocycles. The molecule has 0 aliphatic carbocycles. The minimum absolute atomic E-state index is 0.0173. The van der Waals surface area contributed by atoms with Crippen LogP contribution in [0.1, 0.15) is 69.5 Å². The van der Waals surface area contributed by atoms with Crippen LogP contribution in [-0.2, 0) is 41.6 Å². The number of nitrogens with one attached hydrogen (secondary N) is 3. The molecular formula is C41H56Cl2N4O8. The van der Waals surface area contributed by atoms with Gasteiger partial charge in [0.25, 0.3) is 0 Å². The highest BCUT2D eigenvalue weighted by Gasteiger charge is 2.38. The van der Waals surface area contributed by atoms with Crippen LogP contribution in [0, 0.1) is 17.3 Å². The van der Waals surface area contributed by atoms with E-state index in [9.17, 15) is 24.3 Å². The molecule has 2 aliphatic rings. The number of amides is 2. The van der Waals surface area contributed by atoms with Crippen molar-refractivity contribution >= 4 is 47.0 Å². The number of halogens is 2. The number of cyclic esters (lactones) is 2. The molecule has 14 heteroatoms. The Morgan fingerprint density at radius 1 is 1.00 bits per heavy atom. The topological polar surface area (TPSA) is 156 Å². The number of aliphatic hydroxyl groups excluding tert-OH is 1. The first-order valence-corrected chi connectivity index (χ1v) is 19.7. The molecule has 0 radical (unpaired) electrons. The number of carbonyl (C=O) groups is 4. The van der Waals surface area contributed by atoms with Crippen molar-refractivity contribution in [1.82, 2.24) is 20.9 Å². The van der Waals surface area contributed by atoms with Crippen LogP contribution in [0.2, 0.25) is 5.02 Å². The first kappa shape index (κ1) is 44.0. The Hall–Kier alpha value is -3.68. The molecule has 6 atom stereocenters. The van der Waals surface area contributed by atoms with Gasteiger partial charge >= 0.3 is 11.9 Å². The van der Waals surface area contributed by atoms with E-state index in [1.165, 1.54) is 19.3 Å². The van der Waals surface area contributed by atoms with Gasteiger partial charge in [-0.05, 0) is 61.1 Å². The van der Waals surface area contributed by atoms with Crippen LogP contribution >= 0.6 is 23.2 Å². The molecule has 0 saturated carbocycles. The summed E-state index contributed by atoms with van der Waals surface area (Å²) in [4.78, 5) is 56.5. The van der Waals surface area contributed by atoms with Gasteiger partial charge in [-0.3, -0.25) is 19.3 Å². The number of ether oxygens (including phenoxy) is 3. The standard InChI is InChI=1S/C41H56Cl2N4O8/c1-25(2)20-34-39(51)54-32(26(3)37(49)36(43)29-13-10-27(11-14-29)23-47-18-16-44-17-19-47)8-7-9-35(48)46-31(22-28-12-15-33(53-6)30(42)21-28)38(50)45-24-41(4,5)40(52)55-34/h7,9-15,21,25-26,31-32,34,36-37,44,49H,8,16-20,22-24H2,1-6H3,(H,45,50)(H,46,48)/b9-7+/t26-,31+,32-,34-,36-,37+/m0/s1. The normalized spacial score (nSPS) is 24.1. The van der Waals surface area contributed by atoms with E-state index in [0.29, 0.717) is 21.9 Å². The van der Waals surface area contributed by atoms with Crippen molar-refractivity contribution in [3.63, 3.8) is 0 Å². The number of hydrogen-bond donors (Lipinski definition) is 4. The average molecular weight is 804 g/mol. The first-order chi connectivity index (χ1) is 26.1. The fourth-order valence-corrected chi connectivity index (χ4v) is 7.09. The molecule has 0 unspecified atom stereocenters. The third kappa shape index (κ3) is 12.9. The number of nitrogens with zero attached hydrogens (tertiary/aromatic N) is 1. The SMILES string of the molecule is COc1ccc(C[C@H]2NC(=O)/C=C/C[C@@H]([C@H](C)[C@@H](O)[C@@H](Cl)c3ccc(CN4CCNCC4)cc3)OC(=O)[C@H](CC(C)C)OC(=O)C(C)(C)CNC2=O)cc1Cl. The average Bonchev–Trinajstić information content (AvgIpc) is 3.15. The van der Waals surface area contributed by atoms with Crippen molar-refractivity contribution < 1.29 is 38.5 Å². The number of alkyl halides is 1. The summed E-state index contributed by atoms with van der Waals surface area (Å²) >= 11 is 13.2. The van der Waals surface area contributed by atoms with Crippen LogP contribution in [0.25, 0.3) is 0 Å². The van der Waals surface area contributed by atoms with Crippen LogP contribution in [0.15, 0.2) is 54.6 Å². The number of rotatable bonds is 11. The summed E-state index contributed by atoms with van der Waals surface area (Å²) in [6.07, 6.45) is -0.315. The molecular weight excluding hydrogens is 747 g/mol.